The minimum atomic E-state index is -0.885. The first kappa shape index (κ1) is 13.7. The highest BCUT2D eigenvalue weighted by atomic mass is 16.4. The summed E-state index contributed by atoms with van der Waals surface area (Å²) in [6.45, 7) is 2.71. The summed E-state index contributed by atoms with van der Waals surface area (Å²) in [5.74, 6) is -0.151. The summed E-state index contributed by atoms with van der Waals surface area (Å²) in [6, 6.07) is 13.8. The Labute approximate surface area is 124 Å². The fourth-order valence-corrected chi connectivity index (χ4v) is 2.67. The lowest BCUT2D eigenvalue weighted by Gasteiger charge is -2.13. The minimum absolute atomic E-state index is 0.330. The number of nitrogens with one attached hydrogen (secondary N) is 1. The first-order valence-electron chi connectivity index (χ1n) is 7.31. The van der Waals surface area contributed by atoms with E-state index >= 15 is 0 Å². The summed E-state index contributed by atoms with van der Waals surface area (Å²) in [5, 5.41) is 12.4. The predicted octanol–water partition coefficient (Wildman–Crippen LogP) is 4.18. The molecular formula is C18H19NO2. The zero-order chi connectivity index (χ0) is 14.8. The van der Waals surface area contributed by atoms with Gasteiger partial charge in [-0.05, 0) is 60.6 Å². The summed E-state index contributed by atoms with van der Waals surface area (Å²) < 4.78 is 0. The van der Waals surface area contributed by atoms with E-state index in [9.17, 15) is 4.79 Å². The van der Waals surface area contributed by atoms with Crippen molar-refractivity contribution in [2.75, 3.05) is 5.32 Å². The Balaban J connectivity index is 1.75. The van der Waals surface area contributed by atoms with Crippen molar-refractivity contribution in [3.05, 3.63) is 64.7 Å². The van der Waals surface area contributed by atoms with E-state index < -0.39 is 5.97 Å². The third-order valence-corrected chi connectivity index (χ3v) is 4.01. The van der Waals surface area contributed by atoms with Crippen LogP contribution in [0.15, 0.2) is 42.5 Å². The molecule has 108 valence electrons. The molecule has 0 amide bonds. The topological polar surface area (TPSA) is 49.3 Å². The molecule has 0 bridgehead atoms. The first-order valence-corrected chi connectivity index (χ1v) is 7.31. The molecule has 0 saturated heterocycles. The maximum Gasteiger partial charge on any atom is 0.335 e. The van der Waals surface area contributed by atoms with E-state index in [0.29, 0.717) is 5.56 Å². The van der Waals surface area contributed by atoms with Crippen molar-refractivity contribution in [1.82, 2.24) is 0 Å². The van der Waals surface area contributed by atoms with E-state index in [-0.39, 0.29) is 0 Å². The van der Waals surface area contributed by atoms with Crippen molar-refractivity contribution in [3.8, 4) is 0 Å². The molecule has 2 aromatic rings. The molecule has 1 aliphatic rings. The summed E-state index contributed by atoms with van der Waals surface area (Å²) >= 11 is 0. The number of carboxylic acids is 1. The second-order valence-corrected chi connectivity index (χ2v) is 5.66. The van der Waals surface area contributed by atoms with Crippen molar-refractivity contribution in [2.45, 2.75) is 32.2 Å². The lowest BCUT2D eigenvalue weighted by atomic mass is 10.0. The van der Waals surface area contributed by atoms with Crippen LogP contribution in [0.3, 0.4) is 0 Å². The highest BCUT2D eigenvalue weighted by molar-refractivity contribution is 5.88. The van der Waals surface area contributed by atoms with Crippen LogP contribution in [0.4, 0.5) is 5.69 Å². The van der Waals surface area contributed by atoms with Crippen LogP contribution < -0.4 is 5.32 Å². The molecule has 0 heterocycles. The van der Waals surface area contributed by atoms with E-state index in [2.05, 4.69) is 29.6 Å². The summed E-state index contributed by atoms with van der Waals surface area (Å²) in [7, 11) is 0. The number of hydrogen-bond acceptors (Lipinski definition) is 2. The Hall–Kier alpha value is -2.29. The number of carbonyl (C=O) groups is 1. The van der Waals surface area contributed by atoms with Gasteiger partial charge < -0.3 is 10.4 Å². The summed E-state index contributed by atoms with van der Waals surface area (Å²) in [5.41, 5.74) is 5.06. The third-order valence-electron chi connectivity index (χ3n) is 4.01. The molecule has 0 radical (unpaired) electrons. The second-order valence-electron chi connectivity index (χ2n) is 5.66. The van der Waals surface area contributed by atoms with E-state index in [4.69, 9.17) is 5.11 Å². The van der Waals surface area contributed by atoms with Crippen LogP contribution in [0.5, 0.6) is 0 Å². The molecule has 2 aromatic carbocycles. The smallest absolute Gasteiger partial charge is 0.335 e. The SMILES string of the molecule is Cc1cc(C(=O)O)ccc1NCc1ccccc1C1CC1. The highest BCUT2D eigenvalue weighted by Crippen LogP contribution is 2.41. The van der Waals surface area contributed by atoms with E-state index in [1.54, 1.807) is 12.1 Å². The largest absolute Gasteiger partial charge is 0.478 e. The van der Waals surface area contributed by atoms with Gasteiger partial charge >= 0.3 is 5.97 Å². The van der Waals surface area contributed by atoms with Gasteiger partial charge in [0, 0.05) is 12.2 Å². The van der Waals surface area contributed by atoms with Crippen molar-refractivity contribution < 1.29 is 9.90 Å². The van der Waals surface area contributed by atoms with Crippen molar-refractivity contribution in [1.29, 1.82) is 0 Å². The number of anilines is 1. The molecule has 1 fully saturated rings. The Kier molecular flexibility index (Phi) is 3.65. The van der Waals surface area contributed by atoms with Crippen LogP contribution in [-0.2, 0) is 6.54 Å². The van der Waals surface area contributed by atoms with Gasteiger partial charge in [-0.3, -0.25) is 0 Å². The maximum absolute atomic E-state index is 10.9. The van der Waals surface area contributed by atoms with Gasteiger partial charge in [-0.25, -0.2) is 4.79 Å². The molecule has 0 unspecified atom stereocenters. The van der Waals surface area contributed by atoms with Crippen LogP contribution in [0.25, 0.3) is 0 Å². The summed E-state index contributed by atoms with van der Waals surface area (Å²) in [4.78, 5) is 10.9. The average Bonchev–Trinajstić information content (AvgIpc) is 3.30. The zero-order valence-corrected chi connectivity index (χ0v) is 12.1. The van der Waals surface area contributed by atoms with Gasteiger partial charge in [0.15, 0.2) is 0 Å². The van der Waals surface area contributed by atoms with Gasteiger partial charge in [0.1, 0.15) is 0 Å². The van der Waals surface area contributed by atoms with Gasteiger partial charge in [-0.2, -0.15) is 0 Å². The van der Waals surface area contributed by atoms with E-state index in [1.807, 2.05) is 13.0 Å². The van der Waals surface area contributed by atoms with Crippen molar-refractivity contribution >= 4 is 11.7 Å². The first-order chi connectivity index (χ1) is 10.1. The van der Waals surface area contributed by atoms with Gasteiger partial charge in [0.25, 0.3) is 0 Å². The predicted molar refractivity (Wildman–Crippen MR) is 83.9 cm³/mol. The molecule has 0 atom stereocenters. The lowest BCUT2D eigenvalue weighted by molar-refractivity contribution is 0.0697. The number of benzene rings is 2. The Morgan fingerprint density at radius 2 is 2.00 bits per heavy atom. The lowest BCUT2D eigenvalue weighted by Crippen LogP contribution is -2.05. The fourth-order valence-electron chi connectivity index (χ4n) is 2.67. The van der Waals surface area contributed by atoms with Crippen LogP contribution in [0, 0.1) is 6.92 Å². The second kappa shape index (κ2) is 5.60. The normalized spacial score (nSPS) is 14.0. The van der Waals surface area contributed by atoms with Crippen LogP contribution >= 0.6 is 0 Å². The molecule has 0 aliphatic heterocycles. The molecule has 3 nitrogen and oxygen atoms in total. The number of aromatic carboxylic acids is 1. The maximum atomic E-state index is 10.9. The molecule has 1 saturated carbocycles. The van der Waals surface area contributed by atoms with Crippen LogP contribution in [0.1, 0.15) is 45.8 Å². The Morgan fingerprint density at radius 1 is 1.24 bits per heavy atom. The molecule has 0 spiro atoms. The highest BCUT2D eigenvalue weighted by Gasteiger charge is 2.25. The molecule has 0 aromatic heterocycles. The Morgan fingerprint density at radius 3 is 2.67 bits per heavy atom. The molecule has 3 rings (SSSR count). The quantitative estimate of drug-likeness (QED) is 0.864. The zero-order valence-electron chi connectivity index (χ0n) is 12.1. The molecule has 21 heavy (non-hydrogen) atoms. The monoisotopic (exact) mass is 281 g/mol. The van der Waals surface area contributed by atoms with Gasteiger partial charge in [-0.15, -0.1) is 0 Å². The number of aryl methyl sites for hydroxylation is 1. The van der Waals surface area contributed by atoms with Gasteiger partial charge in [0.2, 0.25) is 0 Å². The molecule has 3 heteroatoms. The average molecular weight is 281 g/mol. The number of carboxylic acid groups (broad SMARTS) is 1. The van der Waals surface area contributed by atoms with E-state index in [0.717, 1.165) is 23.7 Å². The number of hydrogen-bond donors (Lipinski definition) is 2. The minimum Gasteiger partial charge on any atom is -0.478 e. The van der Waals surface area contributed by atoms with E-state index in [1.165, 1.54) is 24.0 Å². The number of rotatable bonds is 5. The van der Waals surface area contributed by atoms with Crippen molar-refractivity contribution in [2.24, 2.45) is 0 Å². The van der Waals surface area contributed by atoms with Crippen molar-refractivity contribution in [3.63, 3.8) is 0 Å². The summed E-state index contributed by atoms with van der Waals surface area (Å²) in [6.07, 6.45) is 2.59. The van der Waals surface area contributed by atoms with Gasteiger partial charge in [-0.1, -0.05) is 24.3 Å². The van der Waals surface area contributed by atoms with Crippen LogP contribution in [0.2, 0.25) is 0 Å². The Bertz CT molecular complexity index is 675. The standard InChI is InChI=1S/C18H19NO2/c1-12-10-14(18(20)21)8-9-17(12)19-11-15-4-2-3-5-16(15)13-6-7-13/h2-5,8-10,13,19H,6-7,11H2,1H3,(H,20,21). The van der Waals surface area contributed by atoms with Crippen LogP contribution in [-0.4, -0.2) is 11.1 Å². The molecular weight excluding hydrogens is 262 g/mol. The fraction of sp³-hybridized carbons (Fsp3) is 0.278. The molecule has 2 N–H and O–H groups in total. The third kappa shape index (κ3) is 3.07. The molecule has 1 aliphatic carbocycles. The van der Waals surface area contributed by atoms with Gasteiger partial charge in [0.05, 0.1) is 5.56 Å².